The van der Waals surface area contributed by atoms with Gasteiger partial charge in [0.25, 0.3) is 0 Å². The summed E-state index contributed by atoms with van der Waals surface area (Å²) in [6.07, 6.45) is -2.56. The number of hydrogen-bond acceptors (Lipinski definition) is 2. The summed E-state index contributed by atoms with van der Waals surface area (Å²) in [4.78, 5) is 13.8. The third-order valence-electron chi connectivity index (χ3n) is 3.42. The monoisotopic (exact) mass is 295 g/mol. The summed E-state index contributed by atoms with van der Waals surface area (Å²) in [6, 6.07) is 8.38. The van der Waals surface area contributed by atoms with Crippen molar-refractivity contribution in [2.45, 2.75) is 19.1 Å². The molecule has 0 radical (unpaired) electrons. The summed E-state index contributed by atoms with van der Waals surface area (Å²) in [5.41, 5.74) is 0.908. The molecule has 2 heterocycles. The standard InChI is InChI=1S/C14H12F3N3O/c15-14(16,17)12-6-7-19(18-12)9-13(21)20-8-5-10-3-1-2-4-11(10)20/h1-4,6-7H,5,8-9H2. The second-order valence-electron chi connectivity index (χ2n) is 4.82. The van der Waals surface area contributed by atoms with Crippen molar-refractivity contribution < 1.29 is 18.0 Å². The fraction of sp³-hybridized carbons (Fsp3) is 0.286. The van der Waals surface area contributed by atoms with E-state index >= 15 is 0 Å². The first-order valence-corrected chi connectivity index (χ1v) is 6.44. The maximum absolute atomic E-state index is 12.5. The first kappa shape index (κ1) is 13.7. The van der Waals surface area contributed by atoms with Gasteiger partial charge in [0.05, 0.1) is 0 Å². The van der Waals surface area contributed by atoms with Gasteiger partial charge in [-0.05, 0) is 24.1 Å². The number of carbonyl (C=O) groups is 1. The van der Waals surface area contributed by atoms with E-state index in [0.29, 0.717) is 6.54 Å². The van der Waals surface area contributed by atoms with Crippen molar-refractivity contribution in [3.63, 3.8) is 0 Å². The third kappa shape index (κ3) is 2.63. The van der Waals surface area contributed by atoms with E-state index < -0.39 is 11.9 Å². The number of nitrogens with zero attached hydrogens (tertiary/aromatic N) is 3. The van der Waals surface area contributed by atoms with Crippen LogP contribution in [0.2, 0.25) is 0 Å². The average molecular weight is 295 g/mol. The molecule has 1 amide bonds. The van der Waals surface area contributed by atoms with Crippen molar-refractivity contribution in [3.8, 4) is 0 Å². The van der Waals surface area contributed by atoms with Crippen molar-refractivity contribution in [2.24, 2.45) is 0 Å². The molecule has 3 rings (SSSR count). The lowest BCUT2D eigenvalue weighted by molar-refractivity contribution is -0.141. The summed E-state index contributed by atoms with van der Waals surface area (Å²) in [5.74, 6) is -0.267. The maximum Gasteiger partial charge on any atom is 0.435 e. The molecule has 0 N–H and O–H groups in total. The van der Waals surface area contributed by atoms with Crippen LogP contribution < -0.4 is 4.90 Å². The molecule has 7 heteroatoms. The number of alkyl halides is 3. The Kier molecular flexibility index (Phi) is 3.19. The largest absolute Gasteiger partial charge is 0.435 e. The first-order valence-electron chi connectivity index (χ1n) is 6.44. The van der Waals surface area contributed by atoms with Gasteiger partial charge in [0.2, 0.25) is 5.91 Å². The van der Waals surface area contributed by atoms with Crippen LogP contribution in [0, 0.1) is 0 Å². The van der Waals surface area contributed by atoms with Gasteiger partial charge in [-0.15, -0.1) is 0 Å². The van der Waals surface area contributed by atoms with Crippen molar-refractivity contribution in [2.75, 3.05) is 11.4 Å². The summed E-state index contributed by atoms with van der Waals surface area (Å²) in [5, 5.41) is 3.39. The zero-order chi connectivity index (χ0) is 15.0. The maximum atomic E-state index is 12.5. The van der Waals surface area contributed by atoms with E-state index in [1.165, 1.54) is 6.20 Å². The van der Waals surface area contributed by atoms with Gasteiger partial charge in [-0.1, -0.05) is 18.2 Å². The summed E-state index contributed by atoms with van der Waals surface area (Å²) in [7, 11) is 0. The van der Waals surface area contributed by atoms with Gasteiger partial charge in [-0.3, -0.25) is 9.48 Å². The van der Waals surface area contributed by atoms with E-state index in [0.717, 1.165) is 28.4 Å². The molecular weight excluding hydrogens is 283 g/mol. The van der Waals surface area contributed by atoms with Gasteiger partial charge >= 0.3 is 6.18 Å². The molecule has 1 aliphatic rings. The van der Waals surface area contributed by atoms with E-state index in [1.807, 2.05) is 24.3 Å². The highest BCUT2D eigenvalue weighted by molar-refractivity contribution is 5.95. The van der Waals surface area contributed by atoms with E-state index in [4.69, 9.17) is 0 Å². The molecule has 110 valence electrons. The van der Waals surface area contributed by atoms with Gasteiger partial charge in [0.1, 0.15) is 6.54 Å². The Labute approximate surface area is 118 Å². The second-order valence-corrected chi connectivity index (χ2v) is 4.82. The molecule has 0 spiro atoms. The van der Waals surface area contributed by atoms with Crippen molar-refractivity contribution in [3.05, 3.63) is 47.8 Å². The zero-order valence-corrected chi connectivity index (χ0v) is 11.0. The Balaban J connectivity index is 1.75. The number of rotatable bonds is 2. The minimum Gasteiger partial charge on any atom is -0.310 e. The molecule has 1 aliphatic heterocycles. The van der Waals surface area contributed by atoms with Gasteiger partial charge in [-0.25, -0.2) is 0 Å². The highest BCUT2D eigenvalue weighted by Crippen LogP contribution is 2.29. The van der Waals surface area contributed by atoms with Crippen LogP contribution in [-0.4, -0.2) is 22.2 Å². The lowest BCUT2D eigenvalue weighted by Gasteiger charge is -2.17. The Hall–Kier alpha value is -2.31. The van der Waals surface area contributed by atoms with E-state index in [9.17, 15) is 18.0 Å². The van der Waals surface area contributed by atoms with E-state index in [2.05, 4.69) is 5.10 Å². The molecule has 0 fully saturated rings. The average Bonchev–Trinajstić information content (AvgIpc) is 3.03. The number of aromatic nitrogens is 2. The van der Waals surface area contributed by atoms with Crippen LogP contribution >= 0.6 is 0 Å². The second kappa shape index (κ2) is 4.91. The Morgan fingerprint density at radius 1 is 1.24 bits per heavy atom. The summed E-state index contributed by atoms with van der Waals surface area (Å²) < 4.78 is 38.4. The Morgan fingerprint density at radius 3 is 2.71 bits per heavy atom. The minimum atomic E-state index is -4.49. The van der Waals surface area contributed by atoms with Crippen molar-refractivity contribution >= 4 is 11.6 Å². The smallest absolute Gasteiger partial charge is 0.310 e. The van der Waals surface area contributed by atoms with Crippen LogP contribution in [0.5, 0.6) is 0 Å². The molecule has 1 aromatic carbocycles. The molecule has 4 nitrogen and oxygen atoms in total. The molecule has 2 aromatic rings. The zero-order valence-electron chi connectivity index (χ0n) is 11.0. The topological polar surface area (TPSA) is 38.1 Å². The van der Waals surface area contributed by atoms with Gasteiger partial charge < -0.3 is 4.90 Å². The number of fused-ring (bicyclic) bond motifs is 1. The quantitative estimate of drug-likeness (QED) is 0.853. The normalized spacial score (nSPS) is 14.3. The highest BCUT2D eigenvalue weighted by atomic mass is 19.4. The lowest BCUT2D eigenvalue weighted by atomic mass is 10.2. The van der Waals surface area contributed by atoms with Crippen LogP contribution in [0.25, 0.3) is 0 Å². The van der Waals surface area contributed by atoms with E-state index in [1.54, 1.807) is 4.90 Å². The molecule has 0 bridgehead atoms. The molecule has 21 heavy (non-hydrogen) atoms. The number of anilines is 1. The predicted octanol–water partition coefficient (Wildman–Crippen LogP) is 2.49. The van der Waals surface area contributed by atoms with Gasteiger partial charge in [-0.2, -0.15) is 18.3 Å². The Morgan fingerprint density at radius 2 is 2.00 bits per heavy atom. The number of amides is 1. The molecule has 0 saturated carbocycles. The fourth-order valence-corrected chi connectivity index (χ4v) is 2.42. The molecule has 0 aliphatic carbocycles. The number of hydrogen-bond donors (Lipinski definition) is 0. The van der Waals surface area contributed by atoms with E-state index in [-0.39, 0.29) is 12.5 Å². The van der Waals surface area contributed by atoms with Gasteiger partial charge in [0.15, 0.2) is 5.69 Å². The SMILES string of the molecule is O=C(Cn1ccc(C(F)(F)F)n1)N1CCc2ccccc21. The molecule has 0 unspecified atom stereocenters. The van der Waals surface area contributed by atoms with Crippen LogP contribution in [-0.2, 0) is 23.9 Å². The summed E-state index contributed by atoms with van der Waals surface area (Å²) in [6.45, 7) is 0.343. The van der Waals surface area contributed by atoms with Gasteiger partial charge in [0, 0.05) is 18.4 Å². The Bertz CT molecular complexity index is 678. The molecule has 1 aromatic heterocycles. The first-order chi connectivity index (χ1) is 9.95. The molecule has 0 atom stereocenters. The number of carbonyl (C=O) groups excluding carboxylic acids is 1. The van der Waals surface area contributed by atoms with Crippen molar-refractivity contribution in [1.29, 1.82) is 0 Å². The minimum absolute atomic E-state index is 0.204. The fourth-order valence-electron chi connectivity index (χ4n) is 2.42. The van der Waals surface area contributed by atoms with Crippen LogP contribution in [0.15, 0.2) is 36.5 Å². The third-order valence-corrected chi connectivity index (χ3v) is 3.42. The summed E-state index contributed by atoms with van der Waals surface area (Å²) >= 11 is 0. The lowest BCUT2D eigenvalue weighted by Crippen LogP contribution is -2.32. The van der Waals surface area contributed by atoms with Crippen molar-refractivity contribution in [1.82, 2.24) is 9.78 Å². The predicted molar refractivity (Wildman–Crippen MR) is 69.7 cm³/mol. The van der Waals surface area contributed by atoms with Crippen LogP contribution in [0.1, 0.15) is 11.3 Å². The molecular formula is C14H12F3N3O. The van der Waals surface area contributed by atoms with Crippen LogP contribution in [0.3, 0.4) is 0 Å². The number of benzene rings is 1. The van der Waals surface area contributed by atoms with Crippen LogP contribution in [0.4, 0.5) is 18.9 Å². The number of halogens is 3. The molecule has 0 saturated heterocycles. The highest BCUT2D eigenvalue weighted by Gasteiger charge is 2.34. The number of para-hydroxylation sites is 1.